The zero-order valence-corrected chi connectivity index (χ0v) is 13.6. The molecule has 0 aliphatic heterocycles. The van der Waals surface area contributed by atoms with Crippen molar-refractivity contribution in [1.29, 1.82) is 0 Å². The predicted octanol–water partition coefficient (Wildman–Crippen LogP) is 5.05. The Labute approximate surface area is 145 Å². The number of rotatable bonds is 6. The van der Waals surface area contributed by atoms with Gasteiger partial charge in [0.05, 0.1) is 11.3 Å². The first-order valence-corrected chi connectivity index (χ1v) is 8.04. The molecule has 0 bridgehead atoms. The van der Waals surface area contributed by atoms with Crippen LogP contribution >= 0.6 is 0 Å². The second kappa shape index (κ2) is 7.62. The normalized spacial score (nSPS) is 10.4. The van der Waals surface area contributed by atoms with Crippen molar-refractivity contribution in [2.24, 2.45) is 0 Å². The van der Waals surface area contributed by atoms with E-state index in [0.29, 0.717) is 5.69 Å². The van der Waals surface area contributed by atoms with Crippen molar-refractivity contribution in [2.75, 3.05) is 5.32 Å². The predicted molar refractivity (Wildman–Crippen MR) is 96.9 cm³/mol. The van der Waals surface area contributed by atoms with Crippen molar-refractivity contribution in [3.63, 3.8) is 0 Å². The van der Waals surface area contributed by atoms with E-state index in [1.165, 1.54) is 6.07 Å². The standard InChI is InChI=1S/C21H18FNO2/c22-17-5-3-4-16(14-17)9-8-15-10-12-18(13-11-15)23-20-7-2-1-6-19(20)21(24)25/h1-7,10-14,23H,8-9H2,(H,24,25). The molecule has 0 radical (unpaired) electrons. The Balaban J connectivity index is 1.65. The number of hydrogen-bond acceptors (Lipinski definition) is 2. The second-order valence-corrected chi connectivity index (χ2v) is 5.80. The number of aromatic carboxylic acids is 1. The smallest absolute Gasteiger partial charge is 0.337 e. The van der Waals surface area contributed by atoms with Gasteiger partial charge in [0, 0.05) is 5.69 Å². The quantitative estimate of drug-likeness (QED) is 0.662. The van der Waals surface area contributed by atoms with Gasteiger partial charge in [-0.2, -0.15) is 0 Å². The first kappa shape index (κ1) is 16.7. The van der Waals surface area contributed by atoms with E-state index < -0.39 is 5.97 Å². The summed E-state index contributed by atoms with van der Waals surface area (Å²) < 4.78 is 13.2. The maximum atomic E-state index is 13.2. The lowest BCUT2D eigenvalue weighted by Crippen LogP contribution is -2.02. The Kier molecular flexibility index (Phi) is 5.09. The van der Waals surface area contributed by atoms with Gasteiger partial charge in [-0.3, -0.25) is 0 Å². The number of nitrogens with one attached hydrogen (secondary N) is 1. The molecule has 0 unspecified atom stereocenters. The van der Waals surface area contributed by atoms with Crippen LogP contribution in [0.5, 0.6) is 0 Å². The van der Waals surface area contributed by atoms with Gasteiger partial charge in [-0.25, -0.2) is 9.18 Å². The third-order valence-electron chi connectivity index (χ3n) is 3.98. The summed E-state index contributed by atoms with van der Waals surface area (Å²) in [4.78, 5) is 11.2. The fourth-order valence-corrected chi connectivity index (χ4v) is 2.67. The Morgan fingerprint density at radius 2 is 1.60 bits per heavy atom. The molecule has 3 nitrogen and oxygen atoms in total. The molecule has 2 N–H and O–H groups in total. The van der Waals surface area contributed by atoms with Crippen LogP contribution in [0.4, 0.5) is 15.8 Å². The lowest BCUT2D eigenvalue weighted by Gasteiger charge is -2.10. The van der Waals surface area contributed by atoms with Gasteiger partial charge < -0.3 is 10.4 Å². The minimum Gasteiger partial charge on any atom is -0.478 e. The molecule has 0 heterocycles. The van der Waals surface area contributed by atoms with Crippen LogP contribution in [-0.2, 0) is 12.8 Å². The topological polar surface area (TPSA) is 49.3 Å². The van der Waals surface area contributed by atoms with Crippen LogP contribution in [0.15, 0.2) is 72.8 Å². The largest absolute Gasteiger partial charge is 0.478 e. The molecule has 0 fully saturated rings. The third-order valence-corrected chi connectivity index (χ3v) is 3.98. The van der Waals surface area contributed by atoms with Gasteiger partial charge in [0.15, 0.2) is 0 Å². The van der Waals surface area contributed by atoms with Crippen molar-refractivity contribution in [2.45, 2.75) is 12.8 Å². The molecule has 25 heavy (non-hydrogen) atoms. The molecule has 126 valence electrons. The van der Waals surface area contributed by atoms with Crippen molar-refractivity contribution in [3.05, 3.63) is 95.3 Å². The number of para-hydroxylation sites is 1. The molecule has 0 aliphatic carbocycles. The Bertz CT molecular complexity index is 875. The zero-order valence-electron chi connectivity index (χ0n) is 13.6. The van der Waals surface area contributed by atoms with Crippen LogP contribution in [0.1, 0.15) is 21.5 Å². The monoisotopic (exact) mass is 335 g/mol. The van der Waals surface area contributed by atoms with E-state index in [-0.39, 0.29) is 11.4 Å². The maximum absolute atomic E-state index is 13.2. The van der Waals surface area contributed by atoms with Gasteiger partial charge in [0.2, 0.25) is 0 Å². The zero-order chi connectivity index (χ0) is 17.6. The van der Waals surface area contributed by atoms with E-state index in [0.717, 1.165) is 29.7 Å². The molecule has 3 aromatic carbocycles. The number of hydrogen-bond donors (Lipinski definition) is 2. The molecule has 0 amide bonds. The summed E-state index contributed by atoms with van der Waals surface area (Å²) in [6.07, 6.45) is 1.59. The van der Waals surface area contributed by atoms with Crippen molar-refractivity contribution >= 4 is 17.3 Å². The molecule has 0 spiro atoms. The summed E-state index contributed by atoms with van der Waals surface area (Å²) in [6, 6.07) is 21.2. The second-order valence-electron chi connectivity index (χ2n) is 5.80. The average molecular weight is 335 g/mol. The highest BCUT2D eigenvalue weighted by atomic mass is 19.1. The van der Waals surface area contributed by atoms with Gasteiger partial charge in [-0.15, -0.1) is 0 Å². The maximum Gasteiger partial charge on any atom is 0.337 e. The first-order chi connectivity index (χ1) is 12.1. The minimum absolute atomic E-state index is 0.214. The van der Waals surface area contributed by atoms with Gasteiger partial charge in [-0.1, -0.05) is 36.4 Å². The summed E-state index contributed by atoms with van der Waals surface area (Å²) >= 11 is 0. The number of carbonyl (C=O) groups is 1. The highest BCUT2D eigenvalue weighted by Crippen LogP contribution is 2.21. The minimum atomic E-state index is -0.963. The molecule has 0 saturated carbocycles. The molecule has 3 aromatic rings. The van der Waals surface area contributed by atoms with Crippen LogP contribution in [0.3, 0.4) is 0 Å². The Morgan fingerprint density at radius 3 is 2.32 bits per heavy atom. The van der Waals surface area contributed by atoms with E-state index in [2.05, 4.69) is 5.32 Å². The van der Waals surface area contributed by atoms with Crippen LogP contribution in [0.25, 0.3) is 0 Å². The van der Waals surface area contributed by atoms with E-state index in [9.17, 15) is 14.3 Å². The summed E-state index contributed by atoms with van der Waals surface area (Å²) in [7, 11) is 0. The van der Waals surface area contributed by atoms with Gasteiger partial charge in [0.1, 0.15) is 5.82 Å². The number of carboxylic acid groups (broad SMARTS) is 1. The Morgan fingerprint density at radius 1 is 0.880 bits per heavy atom. The molecular formula is C21H18FNO2. The summed E-state index contributed by atoms with van der Waals surface area (Å²) in [5.41, 5.74) is 3.72. The van der Waals surface area contributed by atoms with Crippen molar-refractivity contribution in [1.82, 2.24) is 0 Å². The number of anilines is 2. The molecule has 0 aromatic heterocycles. The number of benzene rings is 3. The highest BCUT2D eigenvalue weighted by Gasteiger charge is 2.08. The number of carboxylic acids is 1. The molecule has 0 atom stereocenters. The fourth-order valence-electron chi connectivity index (χ4n) is 2.67. The fraction of sp³-hybridized carbons (Fsp3) is 0.0952. The van der Waals surface area contributed by atoms with E-state index in [1.54, 1.807) is 36.4 Å². The SMILES string of the molecule is O=C(O)c1ccccc1Nc1ccc(CCc2cccc(F)c2)cc1. The molecule has 4 heteroatoms. The summed E-state index contributed by atoms with van der Waals surface area (Å²) in [6.45, 7) is 0. The molecular weight excluding hydrogens is 317 g/mol. The Hall–Kier alpha value is -3.14. The average Bonchev–Trinajstić information content (AvgIpc) is 2.61. The van der Waals surface area contributed by atoms with Crippen molar-refractivity contribution < 1.29 is 14.3 Å². The first-order valence-electron chi connectivity index (χ1n) is 8.04. The molecule has 0 saturated heterocycles. The van der Waals surface area contributed by atoms with Crippen LogP contribution in [0.2, 0.25) is 0 Å². The van der Waals surface area contributed by atoms with Gasteiger partial charge >= 0.3 is 5.97 Å². The van der Waals surface area contributed by atoms with Crippen LogP contribution in [-0.4, -0.2) is 11.1 Å². The van der Waals surface area contributed by atoms with Gasteiger partial charge in [0.25, 0.3) is 0 Å². The number of halogens is 1. The lowest BCUT2D eigenvalue weighted by molar-refractivity contribution is 0.0698. The summed E-state index contributed by atoms with van der Waals surface area (Å²) in [5, 5.41) is 12.4. The van der Waals surface area contributed by atoms with E-state index >= 15 is 0 Å². The van der Waals surface area contributed by atoms with Crippen LogP contribution < -0.4 is 5.32 Å². The lowest BCUT2D eigenvalue weighted by atomic mass is 10.0. The summed E-state index contributed by atoms with van der Waals surface area (Å²) in [5.74, 6) is -1.18. The van der Waals surface area contributed by atoms with Gasteiger partial charge in [-0.05, 0) is 60.4 Å². The third kappa shape index (κ3) is 4.44. The van der Waals surface area contributed by atoms with E-state index in [4.69, 9.17) is 0 Å². The van der Waals surface area contributed by atoms with Crippen molar-refractivity contribution in [3.8, 4) is 0 Å². The highest BCUT2D eigenvalue weighted by molar-refractivity contribution is 5.95. The number of aryl methyl sites for hydroxylation is 2. The van der Waals surface area contributed by atoms with Crippen LogP contribution in [0, 0.1) is 5.82 Å². The molecule has 3 rings (SSSR count). The molecule has 0 aliphatic rings. The van der Waals surface area contributed by atoms with E-state index in [1.807, 2.05) is 30.3 Å².